The van der Waals surface area contributed by atoms with Crippen LogP contribution in [0.3, 0.4) is 0 Å². The highest BCUT2D eigenvalue weighted by molar-refractivity contribution is 7.89. The maximum atomic E-state index is 13.2. The lowest BCUT2D eigenvalue weighted by Gasteiger charge is -2.28. The smallest absolute Gasteiger partial charge is 0.349 e. The molecule has 3 aromatic carbocycles. The van der Waals surface area contributed by atoms with Gasteiger partial charge in [0.1, 0.15) is 0 Å². The Labute approximate surface area is 226 Å². The molecule has 1 aliphatic rings. The number of hydrogen-bond acceptors (Lipinski definition) is 4. The molecule has 39 heavy (non-hydrogen) atoms. The molecule has 3 aromatic rings. The van der Waals surface area contributed by atoms with E-state index in [4.69, 9.17) is 5.73 Å². The third-order valence-corrected chi connectivity index (χ3v) is 8.36. The molecule has 2 atom stereocenters. The summed E-state index contributed by atoms with van der Waals surface area (Å²) in [6.07, 6.45) is -0.535. The first kappa shape index (κ1) is 28.8. The van der Waals surface area contributed by atoms with Crippen molar-refractivity contribution in [1.29, 1.82) is 0 Å². The van der Waals surface area contributed by atoms with Crippen molar-refractivity contribution < 1.29 is 26.4 Å². The number of nitrogens with two attached hydrogens (primary N) is 1. The highest BCUT2D eigenvalue weighted by atomic mass is 32.2. The van der Waals surface area contributed by atoms with E-state index >= 15 is 0 Å². The van der Waals surface area contributed by atoms with E-state index in [2.05, 4.69) is 22.2 Å². The zero-order valence-corrected chi connectivity index (χ0v) is 22.2. The summed E-state index contributed by atoms with van der Waals surface area (Å²) >= 11 is 0. The van der Waals surface area contributed by atoms with E-state index in [1.54, 1.807) is 30.3 Å². The van der Waals surface area contributed by atoms with Gasteiger partial charge in [-0.2, -0.15) is 13.2 Å². The molecule has 0 bridgehead atoms. The van der Waals surface area contributed by atoms with E-state index in [0.29, 0.717) is 18.2 Å². The van der Waals surface area contributed by atoms with E-state index in [-0.39, 0.29) is 18.4 Å². The lowest BCUT2D eigenvalue weighted by Crippen LogP contribution is -2.36. The molecule has 0 unspecified atom stereocenters. The van der Waals surface area contributed by atoms with Gasteiger partial charge in [-0.25, -0.2) is 13.1 Å². The van der Waals surface area contributed by atoms with Gasteiger partial charge in [-0.15, -0.1) is 0 Å². The molecule has 0 aliphatic heterocycles. The van der Waals surface area contributed by atoms with Crippen LogP contribution in [0, 0.1) is 0 Å². The molecule has 0 fully saturated rings. The number of amides is 1. The molecule has 6 nitrogen and oxygen atoms in total. The summed E-state index contributed by atoms with van der Waals surface area (Å²) in [5.41, 5.74) is 8.53. The average Bonchev–Trinajstić information content (AvgIpc) is 2.91. The molecule has 1 aliphatic carbocycles. The second-order valence-electron chi connectivity index (χ2n) is 9.75. The van der Waals surface area contributed by atoms with Crippen molar-refractivity contribution in [3.8, 4) is 0 Å². The van der Waals surface area contributed by atoms with E-state index in [0.717, 1.165) is 55.9 Å². The molecule has 4 N–H and O–H groups in total. The highest BCUT2D eigenvalue weighted by Crippen LogP contribution is 2.32. The highest BCUT2D eigenvalue weighted by Gasteiger charge is 2.32. The average molecular weight is 560 g/mol. The third-order valence-electron chi connectivity index (χ3n) is 6.89. The lowest BCUT2D eigenvalue weighted by atomic mass is 9.86. The zero-order valence-electron chi connectivity index (χ0n) is 21.4. The monoisotopic (exact) mass is 559 g/mol. The number of nitrogens with one attached hydrogen (secondary N) is 2. The summed E-state index contributed by atoms with van der Waals surface area (Å²) in [5.74, 6) is -0.361. The number of sulfonamides is 1. The molecular weight excluding hydrogens is 527 g/mol. The van der Waals surface area contributed by atoms with E-state index in [1.165, 1.54) is 11.1 Å². The number of carbonyl (C=O) groups excluding carboxylic acids is 1. The van der Waals surface area contributed by atoms with Crippen LogP contribution in [0.1, 0.15) is 65.6 Å². The summed E-state index contributed by atoms with van der Waals surface area (Å²) in [6, 6.07) is 17.1. The fourth-order valence-corrected chi connectivity index (χ4v) is 6.20. The van der Waals surface area contributed by atoms with Crippen LogP contribution >= 0.6 is 0 Å². The molecule has 0 spiro atoms. The largest absolute Gasteiger partial charge is 0.416 e. The van der Waals surface area contributed by atoms with Gasteiger partial charge in [0.2, 0.25) is 15.9 Å². The van der Waals surface area contributed by atoms with Crippen LogP contribution in [0.4, 0.5) is 13.2 Å². The number of halogens is 3. The number of rotatable bonds is 10. The van der Waals surface area contributed by atoms with Crippen molar-refractivity contribution >= 4 is 15.9 Å². The Kier molecular flexibility index (Phi) is 9.09. The zero-order chi connectivity index (χ0) is 28.0. The Morgan fingerprint density at radius 1 is 1.03 bits per heavy atom. The first-order chi connectivity index (χ1) is 18.6. The fraction of sp³-hybridized carbons (Fsp3) is 0.345. The molecule has 0 radical (unpaired) electrons. The first-order valence-corrected chi connectivity index (χ1v) is 14.4. The summed E-state index contributed by atoms with van der Waals surface area (Å²) in [6.45, 7) is 0.621. The number of alkyl halides is 3. The van der Waals surface area contributed by atoms with Crippen LogP contribution in [0.15, 0.2) is 77.7 Å². The number of carbonyl (C=O) groups is 1. The van der Waals surface area contributed by atoms with Gasteiger partial charge in [0.15, 0.2) is 0 Å². The Bertz CT molecular complexity index is 1400. The van der Waals surface area contributed by atoms with Gasteiger partial charge in [-0.3, -0.25) is 4.79 Å². The Balaban J connectivity index is 1.52. The van der Waals surface area contributed by atoms with Gasteiger partial charge < -0.3 is 11.1 Å². The molecule has 0 heterocycles. The van der Waals surface area contributed by atoms with Crippen LogP contribution < -0.4 is 15.8 Å². The predicted octanol–water partition coefficient (Wildman–Crippen LogP) is 5.20. The third kappa shape index (κ3) is 7.46. The van der Waals surface area contributed by atoms with E-state index in [9.17, 15) is 26.4 Å². The van der Waals surface area contributed by atoms with Gasteiger partial charge in [0, 0.05) is 6.42 Å². The number of benzene rings is 3. The minimum absolute atomic E-state index is 0.207. The lowest BCUT2D eigenvalue weighted by molar-refractivity contribution is -0.137. The summed E-state index contributed by atoms with van der Waals surface area (Å²) < 4.78 is 68.3. The fourth-order valence-electron chi connectivity index (χ4n) is 4.93. The van der Waals surface area contributed by atoms with Gasteiger partial charge in [0.05, 0.1) is 22.5 Å². The van der Waals surface area contributed by atoms with Gasteiger partial charge in [-0.05, 0) is 79.1 Å². The molecule has 0 aromatic heterocycles. The molecule has 0 saturated heterocycles. The molecule has 10 heteroatoms. The van der Waals surface area contributed by atoms with E-state index in [1.807, 2.05) is 6.07 Å². The first-order valence-electron chi connectivity index (χ1n) is 12.9. The summed E-state index contributed by atoms with van der Waals surface area (Å²) in [5, 5.41) is 3.05. The van der Waals surface area contributed by atoms with Crippen LogP contribution in [0.5, 0.6) is 0 Å². The van der Waals surface area contributed by atoms with Crippen LogP contribution in [0.2, 0.25) is 0 Å². The summed E-state index contributed by atoms with van der Waals surface area (Å²) in [4.78, 5) is 12.7. The molecular formula is C29H32F3N3O3S. The van der Waals surface area contributed by atoms with Crippen molar-refractivity contribution in [2.75, 3.05) is 6.54 Å². The van der Waals surface area contributed by atoms with Gasteiger partial charge in [-0.1, -0.05) is 54.6 Å². The maximum Gasteiger partial charge on any atom is 0.416 e. The van der Waals surface area contributed by atoms with Gasteiger partial charge in [0.25, 0.3) is 0 Å². The SMILES string of the molecule is NCCCc1ccc2c(c1)CCC[C@H]2NC(=O)C[C@@H](NS(=O)(=O)c1cccc(C(F)(F)F)c1)c1ccccc1. The molecule has 208 valence electrons. The van der Waals surface area contributed by atoms with Crippen molar-refractivity contribution in [2.24, 2.45) is 5.73 Å². The van der Waals surface area contributed by atoms with Crippen molar-refractivity contribution in [2.45, 2.75) is 61.7 Å². The second kappa shape index (κ2) is 12.3. The van der Waals surface area contributed by atoms with Gasteiger partial charge >= 0.3 is 6.18 Å². The molecule has 0 saturated carbocycles. The van der Waals surface area contributed by atoms with Crippen LogP contribution in [-0.2, 0) is 33.8 Å². The van der Waals surface area contributed by atoms with Crippen molar-refractivity contribution in [3.05, 3.63) is 101 Å². The Morgan fingerprint density at radius 2 is 1.79 bits per heavy atom. The summed E-state index contributed by atoms with van der Waals surface area (Å²) in [7, 11) is -4.37. The Hall–Kier alpha value is -3.21. The van der Waals surface area contributed by atoms with Crippen LogP contribution in [-0.4, -0.2) is 20.9 Å². The van der Waals surface area contributed by atoms with Crippen LogP contribution in [0.25, 0.3) is 0 Å². The number of hydrogen-bond donors (Lipinski definition) is 3. The predicted molar refractivity (Wildman–Crippen MR) is 143 cm³/mol. The standard InChI is InChI=1S/C29H32F3N3O3S/c30-29(31,32)23-11-5-12-24(18-23)39(37,38)35-27(21-8-2-1-3-9-21)19-28(36)34-26-13-4-10-22-17-20(7-6-16-33)14-15-25(22)26/h1-3,5,8-9,11-12,14-15,17-18,26-27,35H,4,6-7,10,13,16,19,33H2,(H,34,36)/t26-,27-/m1/s1. The number of aryl methyl sites for hydroxylation is 2. The van der Waals surface area contributed by atoms with Crippen molar-refractivity contribution in [3.63, 3.8) is 0 Å². The second-order valence-corrected chi connectivity index (χ2v) is 11.5. The molecule has 1 amide bonds. The quantitative estimate of drug-likeness (QED) is 0.318. The Morgan fingerprint density at radius 3 is 2.51 bits per heavy atom. The molecule has 4 rings (SSSR count). The minimum atomic E-state index is -4.69. The normalized spacial score (nSPS) is 16.4. The maximum absolute atomic E-state index is 13.2. The van der Waals surface area contributed by atoms with Crippen molar-refractivity contribution in [1.82, 2.24) is 10.0 Å². The topological polar surface area (TPSA) is 101 Å². The van der Waals surface area contributed by atoms with E-state index < -0.39 is 32.7 Å². The minimum Gasteiger partial charge on any atom is -0.349 e. The number of fused-ring (bicyclic) bond motifs is 1.